The molecular weight excluding hydrogens is 356 g/mol. The average Bonchev–Trinajstić information content (AvgIpc) is 3.32. The Balaban J connectivity index is 1.39. The minimum atomic E-state index is -0.0946. The van der Waals surface area contributed by atoms with Crippen LogP contribution in [0.5, 0.6) is 0 Å². The van der Waals surface area contributed by atoms with Crippen molar-refractivity contribution < 1.29 is 14.0 Å². The normalized spacial score (nSPS) is 13.6. The summed E-state index contributed by atoms with van der Waals surface area (Å²) in [5, 5.41) is 5.86. The van der Waals surface area contributed by atoms with Crippen molar-refractivity contribution in [3.8, 4) is 0 Å². The van der Waals surface area contributed by atoms with Crippen molar-refractivity contribution in [1.82, 2.24) is 20.2 Å². The van der Waals surface area contributed by atoms with Crippen LogP contribution >= 0.6 is 0 Å². The zero-order valence-corrected chi connectivity index (χ0v) is 15.7. The molecule has 7 nitrogen and oxygen atoms in total. The summed E-state index contributed by atoms with van der Waals surface area (Å²) in [4.78, 5) is 28.9. The van der Waals surface area contributed by atoms with Crippen molar-refractivity contribution in [2.24, 2.45) is 5.92 Å². The minimum Gasteiger partial charge on any atom is -0.467 e. The fourth-order valence-electron chi connectivity index (χ4n) is 3.24. The van der Waals surface area contributed by atoms with Gasteiger partial charge in [0.2, 0.25) is 11.8 Å². The highest BCUT2D eigenvalue weighted by atomic mass is 16.3. The van der Waals surface area contributed by atoms with E-state index in [9.17, 15) is 9.59 Å². The lowest BCUT2D eigenvalue weighted by molar-refractivity contribution is -0.122. The van der Waals surface area contributed by atoms with E-state index >= 15 is 0 Å². The smallest absolute Gasteiger partial charge is 0.240 e. The molecule has 7 heteroatoms. The van der Waals surface area contributed by atoms with Crippen LogP contribution in [0.15, 0.2) is 47.1 Å². The predicted molar refractivity (Wildman–Crippen MR) is 104 cm³/mol. The Morgan fingerprint density at radius 1 is 1.14 bits per heavy atom. The van der Waals surface area contributed by atoms with Crippen LogP contribution in [0.4, 0.5) is 0 Å². The van der Waals surface area contributed by atoms with Crippen molar-refractivity contribution in [2.75, 3.05) is 6.54 Å². The first-order valence-corrected chi connectivity index (χ1v) is 9.71. The fourth-order valence-corrected chi connectivity index (χ4v) is 3.24. The Labute approximate surface area is 163 Å². The van der Waals surface area contributed by atoms with Crippen molar-refractivity contribution in [3.05, 3.63) is 54.2 Å². The number of para-hydroxylation sites is 2. The average molecular weight is 380 g/mol. The number of nitrogens with zero attached hydrogens (tertiary/aromatic N) is 2. The second-order valence-electron chi connectivity index (χ2n) is 7.13. The zero-order chi connectivity index (χ0) is 19.3. The Morgan fingerprint density at radius 2 is 2.00 bits per heavy atom. The monoisotopic (exact) mass is 380 g/mol. The van der Waals surface area contributed by atoms with E-state index < -0.39 is 0 Å². The van der Waals surface area contributed by atoms with Gasteiger partial charge in [-0.15, -0.1) is 0 Å². The molecule has 1 aliphatic rings. The number of carbonyl (C=O) groups excluding carboxylic acids is 2. The number of hydrogen-bond acceptors (Lipinski definition) is 4. The molecule has 2 amide bonds. The van der Waals surface area contributed by atoms with Gasteiger partial charge in [0.25, 0.3) is 0 Å². The van der Waals surface area contributed by atoms with E-state index in [0.29, 0.717) is 19.5 Å². The molecule has 146 valence electrons. The summed E-state index contributed by atoms with van der Waals surface area (Å²) >= 11 is 0. The molecule has 0 aliphatic heterocycles. The van der Waals surface area contributed by atoms with E-state index in [-0.39, 0.29) is 24.3 Å². The van der Waals surface area contributed by atoms with E-state index in [1.807, 2.05) is 34.9 Å². The lowest BCUT2D eigenvalue weighted by Gasteiger charge is -2.10. The number of furan rings is 1. The second-order valence-corrected chi connectivity index (χ2v) is 7.13. The Bertz CT molecular complexity index is 957. The first kappa shape index (κ1) is 18.3. The predicted octanol–water partition coefficient (Wildman–Crippen LogP) is 2.40. The summed E-state index contributed by atoms with van der Waals surface area (Å²) in [6, 6.07) is 11.4. The fraction of sp³-hybridized carbons (Fsp3) is 0.381. The zero-order valence-electron chi connectivity index (χ0n) is 15.7. The molecule has 0 spiro atoms. The number of rotatable bonds is 9. The molecule has 2 heterocycles. The van der Waals surface area contributed by atoms with Crippen molar-refractivity contribution >= 4 is 22.8 Å². The summed E-state index contributed by atoms with van der Waals surface area (Å²) in [6.45, 7) is 1.19. The highest BCUT2D eigenvalue weighted by molar-refractivity contribution is 5.81. The number of aryl methyl sites for hydroxylation is 1. The van der Waals surface area contributed by atoms with Gasteiger partial charge in [0, 0.05) is 18.9 Å². The van der Waals surface area contributed by atoms with Crippen LogP contribution in [0.1, 0.15) is 30.8 Å². The topological polar surface area (TPSA) is 89.2 Å². The van der Waals surface area contributed by atoms with Gasteiger partial charge in [-0.2, -0.15) is 0 Å². The maximum absolute atomic E-state index is 12.4. The molecule has 3 aromatic rings. The van der Waals surface area contributed by atoms with Crippen molar-refractivity contribution in [2.45, 2.75) is 38.8 Å². The quantitative estimate of drug-likeness (QED) is 0.558. The molecule has 0 radical (unpaired) electrons. The van der Waals surface area contributed by atoms with Gasteiger partial charge in [0.1, 0.15) is 18.1 Å². The van der Waals surface area contributed by atoms with Crippen molar-refractivity contribution in [3.63, 3.8) is 0 Å². The van der Waals surface area contributed by atoms with Gasteiger partial charge in [-0.25, -0.2) is 4.98 Å². The Kier molecular flexibility index (Phi) is 5.41. The molecule has 1 aliphatic carbocycles. The largest absolute Gasteiger partial charge is 0.467 e. The van der Waals surface area contributed by atoms with Gasteiger partial charge in [-0.05, 0) is 43.5 Å². The van der Waals surface area contributed by atoms with Gasteiger partial charge in [-0.3, -0.25) is 9.59 Å². The standard InChI is InChI=1S/C21H24N4O3/c26-20(23-13-16-5-4-12-28-16)14-25-18-7-2-1-6-17(18)24-19(25)8-3-11-22-21(27)15-9-10-15/h1-2,4-7,12,15H,3,8-11,13-14H2,(H,22,27)(H,23,26). The first-order chi connectivity index (χ1) is 13.7. The molecule has 1 fully saturated rings. The van der Waals surface area contributed by atoms with Crippen LogP contribution in [-0.2, 0) is 29.1 Å². The van der Waals surface area contributed by atoms with Crippen LogP contribution < -0.4 is 10.6 Å². The van der Waals surface area contributed by atoms with E-state index in [1.165, 1.54) is 0 Å². The Morgan fingerprint density at radius 3 is 2.79 bits per heavy atom. The molecule has 4 rings (SSSR count). The highest BCUT2D eigenvalue weighted by Crippen LogP contribution is 2.28. The maximum Gasteiger partial charge on any atom is 0.240 e. The summed E-state index contributed by atoms with van der Waals surface area (Å²) in [5.41, 5.74) is 1.81. The van der Waals surface area contributed by atoms with Crippen LogP contribution in [0, 0.1) is 5.92 Å². The van der Waals surface area contributed by atoms with Gasteiger partial charge < -0.3 is 19.6 Å². The Hall–Kier alpha value is -3.09. The van der Waals surface area contributed by atoms with Gasteiger partial charge >= 0.3 is 0 Å². The SMILES string of the molecule is O=C(Cn1c(CCCNC(=O)C2CC2)nc2ccccc21)NCc1ccco1. The van der Waals surface area contributed by atoms with Gasteiger partial charge in [-0.1, -0.05) is 12.1 Å². The number of imidazole rings is 1. The number of carbonyl (C=O) groups is 2. The van der Waals surface area contributed by atoms with E-state index in [0.717, 1.165) is 41.9 Å². The van der Waals surface area contributed by atoms with Gasteiger partial charge in [0.05, 0.1) is 23.8 Å². The molecular formula is C21H24N4O3. The summed E-state index contributed by atoms with van der Waals surface area (Å²) < 4.78 is 7.20. The third-order valence-electron chi connectivity index (χ3n) is 4.90. The lowest BCUT2D eigenvalue weighted by atomic mass is 10.2. The summed E-state index contributed by atoms with van der Waals surface area (Å²) in [7, 11) is 0. The van der Waals surface area contributed by atoms with Crippen LogP contribution in [0.3, 0.4) is 0 Å². The van der Waals surface area contributed by atoms with Gasteiger partial charge in [0.15, 0.2) is 0 Å². The highest BCUT2D eigenvalue weighted by Gasteiger charge is 2.29. The molecule has 28 heavy (non-hydrogen) atoms. The molecule has 0 bridgehead atoms. The molecule has 1 saturated carbocycles. The molecule has 0 saturated heterocycles. The number of hydrogen-bond donors (Lipinski definition) is 2. The summed E-state index contributed by atoms with van der Waals surface area (Å²) in [6.07, 6.45) is 5.09. The first-order valence-electron chi connectivity index (χ1n) is 9.71. The molecule has 0 atom stereocenters. The lowest BCUT2D eigenvalue weighted by Crippen LogP contribution is -2.28. The molecule has 2 aromatic heterocycles. The summed E-state index contributed by atoms with van der Waals surface area (Å²) in [5.74, 6) is 1.86. The van der Waals surface area contributed by atoms with Crippen molar-refractivity contribution in [1.29, 1.82) is 0 Å². The second kappa shape index (κ2) is 8.29. The van der Waals surface area contributed by atoms with Crippen LogP contribution in [0.25, 0.3) is 11.0 Å². The molecule has 0 unspecified atom stereocenters. The van der Waals surface area contributed by atoms with E-state index in [1.54, 1.807) is 12.3 Å². The third kappa shape index (κ3) is 4.42. The van der Waals surface area contributed by atoms with E-state index in [4.69, 9.17) is 9.40 Å². The third-order valence-corrected chi connectivity index (χ3v) is 4.90. The number of nitrogens with one attached hydrogen (secondary N) is 2. The molecule has 2 N–H and O–H groups in total. The van der Waals surface area contributed by atoms with Crippen LogP contribution in [-0.4, -0.2) is 27.9 Å². The minimum absolute atomic E-state index is 0.0946. The number of amides is 2. The number of fused-ring (bicyclic) bond motifs is 1. The van der Waals surface area contributed by atoms with Crippen LogP contribution in [0.2, 0.25) is 0 Å². The van der Waals surface area contributed by atoms with E-state index in [2.05, 4.69) is 10.6 Å². The molecule has 1 aromatic carbocycles. The maximum atomic E-state index is 12.4. The number of aromatic nitrogens is 2. The number of benzene rings is 1.